The second-order valence-electron chi connectivity index (χ2n) is 2.57. The standard InChI is InChI=1S/C8H6ClN3O2/c1-14-8(13)7-11-4-2-3-10-6(9)5(4)12-7/h2-3H,1H3,(H,11,12). The van der Waals surface area contributed by atoms with Crippen LogP contribution in [0.25, 0.3) is 11.0 Å². The topological polar surface area (TPSA) is 67.9 Å². The van der Waals surface area contributed by atoms with Crippen LogP contribution in [-0.4, -0.2) is 28.0 Å². The van der Waals surface area contributed by atoms with Crippen LogP contribution in [0.5, 0.6) is 0 Å². The first-order chi connectivity index (χ1) is 6.72. The van der Waals surface area contributed by atoms with Gasteiger partial charge in [0.05, 0.1) is 12.6 Å². The molecule has 0 radical (unpaired) electrons. The summed E-state index contributed by atoms with van der Waals surface area (Å²) in [5, 5.41) is 0.258. The number of halogens is 1. The Balaban J connectivity index is 2.62. The fraction of sp³-hybridized carbons (Fsp3) is 0.125. The number of pyridine rings is 1. The van der Waals surface area contributed by atoms with E-state index >= 15 is 0 Å². The number of ether oxygens (including phenoxy) is 1. The first-order valence-corrected chi connectivity index (χ1v) is 4.18. The average Bonchev–Trinajstić information content (AvgIpc) is 2.62. The molecule has 0 saturated heterocycles. The van der Waals surface area contributed by atoms with Gasteiger partial charge in [-0.1, -0.05) is 11.6 Å². The van der Waals surface area contributed by atoms with Gasteiger partial charge in [-0.3, -0.25) is 0 Å². The fourth-order valence-corrected chi connectivity index (χ4v) is 1.30. The summed E-state index contributed by atoms with van der Waals surface area (Å²) in [5.74, 6) is -0.408. The molecule has 2 heterocycles. The summed E-state index contributed by atoms with van der Waals surface area (Å²) in [6, 6.07) is 1.68. The number of imidazole rings is 1. The molecule has 0 unspecified atom stereocenters. The number of hydrogen-bond donors (Lipinski definition) is 1. The van der Waals surface area contributed by atoms with E-state index in [0.29, 0.717) is 11.0 Å². The molecule has 0 aliphatic rings. The zero-order valence-electron chi connectivity index (χ0n) is 7.24. The molecule has 0 saturated carbocycles. The van der Waals surface area contributed by atoms with Gasteiger partial charge in [0.2, 0.25) is 5.82 Å². The molecule has 0 spiro atoms. The zero-order chi connectivity index (χ0) is 10.1. The van der Waals surface area contributed by atoms with E-state index in [1.54, 1.807) is 6.07 Å². The van der Waals surface area contributed by atoms with Crippen molar-refractivity contribution in [3.05, 3.63) is 23.2 Å². The number of hydrogen-bond acceptors (Lipinski definition) is 4. The first-order valence-electron chi connectivity index (χ1n) is 3.81. The molecule has 0 fully saturated rings. The lowest BCUT2D eigenvalue weighted by atomic mass is 10.4. The maximum absolute atomic E-state index is 11.1. The average molecular weight is 212 g/mol. The Labute approximate surface area is 84.1 Å². The predicted molar refractivity (Wildman–Crippen MR) is 50.2 cm³/mol. The molecule has 14 heavy (non-hydrogen) atoms. The Morgan fingerprint density at radius 1 is 1.64 bits per heavy atom. The molecule has 5 nitrogen and oxygen atoms in total. The number of methoxy groups -OCH3 is 1. The number of aromatic nitrogens is 3. The lowest BCUT2D eigenvalue weighted by molar-refractivity contribution is 0.0588. The van der Waals surface area contributed by atoms with Crippen molar-refractivity contribution in [2.75, 3.05) is 7.11 Å². The third-order valence-electron chi connectivity index (χ3n) is 1.74. The molecular weight excluding hydrogens is 206 g/mol. The summed E-state index contributed by atoms with van der Waals surface area (Å²) >= 11 is 5.77. The van der Waals surface area contributed by atoms with E-state index in [0.717, 1.165) is 0 Å². The molecule has 6 heteroatoms. The van der Waals surface area contributed by atoms with Crippen LogP contribution in [0.4, 0.5) is 0 Å². The quantitative estimate of drug-likeness (QED) is 0.572. The van der Waals surface area contributed by atoms with Crippen LogP contribution in [0.2, 0.25) is 5.15 Å². The van der Waals surface area contributed by atoms with Gasteiger partial charge in [-0.15, -0.1) is 0 Å². The van der Waals surface area contributed by atoms with Gasteiger partial charge >= 0.3 is 5.97 Å². The van der Waals surface area contributed by atoms with Crippen LogP contribution < -0.4 is 0 Å². The first kappa shape index (κ1) is 8.96. The Kier molecular flexibility index (Phi) is 2.09. The van der Waals surface area contributed by atoms with Gasteiger partial charge in [0.25, 0.3) is 0 Å². The third-order valence-corrected chi connectivity index (χ3v) is 2.01. The van der Waals surface area contributed by atoms with Crippen LogP contribution in [-0.2, 0) is 4.74 Å². The highest BCUT2D eigenvalue weighted by Crippen LogP contribution is 2.18. The lowest BCUT2D eigenvalue weighted by Crippen LogP contribution is -2.02. The van der Waals surface area contributed by atoms with E-state index in [4.69, 9.17) is 11.6 Å². The van der Waals surface area contributed by atoms with E-state index in [2.05, 4.69) is 19.7 Å². The van der Waals surface area contributed by atoms with E-state index in [9.17, 15) is 4.79 Å². The minimum absolute atomic E-state index is 0.123. The highest BCUT2D eigenvalue weighted by molar-refractivity contribution is 6.33. The molecule has 1 N–H and O–H groups in total. The maximum atomic E-state index is 11.1. The number of esters is 1. The zero-order valence-corrected chi connectivity index (χ0v) is 8.00. The van der Waals surface area contributed by atoms with Gasteiger partial charge in [-0.25, -0.2) is 14.8 Å². The van der Waals surface area contributed by atoms with Crippen molar-refractivity contribution in [3.8, 4) is 0 Å². The number of carbonyl (C=O) groups is 1. The Morgan fingerprint density at radius 2 is 2.43 bits per heavy atom. The van der Waals surface area contributed by atoms with Crippen molar-refractivity contribution in [2.24, 2.45) is 0 Å². The largest absolute Gasteiger partial charge is 0.463 e. The number of H-pyrrole nitrogens is 1. The lowest BCUT2D eigenvalue weighted by Gasteiger charge is -1.90. The summed E-state index contributed by atoms with van der Waals surface area (Å²) in [6.07, 6.45) is 1.53. The minimum Gasteiger partial charge on any atom is -0.463 e. The SMILES string of the molecule is COC(=O)c1nc2c(Cl)nccc2[nH]1. The second kappa shape index (κ2) is 3.26. The van der Waals surface area contributed by atoms with Gasteiger partial charge < -0.3 is 9.72 Å². The van der Waals surface area contributed by atoms with Crippen molar-refractivity contribution in [1.29, 1.82) is 0 Å². The summed E-state index contributed by atoms with van der Waals surface area (Å²) < 4.78 is 4.51. The van der Waals surface area contributed by atoms with Crippen molar-refractivity contribution >= 4 is 28.6 Å². The van der Waals surface area contributed by atoms with Gasteiger partial charge in [0.15, 0.2) is 5.15 Å². The normalized spacial score (nSPS) is 10.4. The summed E-state index contributed by atoms with van der Waals surface area (Å²) in [7, 11) is 1.29. The maximum Gasteiger partial charge on any atom is 0.374 e. The van der Waals surface area contributed by atoms with E-state index < -0.39 is 5.97 Å². The molecule has 0 amide bonds. The number of nitrogens with one attached hydrogen (secondary N) is 1. The summed E-state index contributed by atoms with van der Waals surface area (Å²) in [4.78, 5) is 21.7. The molecule has 2 aromatic rings. The number of carbonyl (C=O) groups excluding carboxylic acids is 1. The van der Waals surface area contributed by atoms with E-state index in [-0.39, 0.29) is 11.0 Å². The molecule has 0 aromatic carbocycles. The minimum atomic E-state index is -0.530. The highest BCUT2D eigenvalue weighted by Gasteiger charge is 2.13. The molecule has 0 aliphatic heterocycles. The smallest absolute Gasteiger partial charge is 0.374 e. The van der Waals surface area contributed by atoms with Crippen molar-refractivity contribution in [2.45, 2.75) is 0 Å². The fourth-order valence-electron chi connectivity index (χ4n) is 1.10. The van der Waals surface area contributed by atoms with Crippen LogP contribution in [0.15, 0.2) is 12.3 Å². The number of fused-ring (bicyclic) bond motifs is 1. The second-order valence-corrected chi connectivity index (χ2v) is 2.93. The molecule has 0 aliphatic carbocycles. The summed E-state index contributed by atoms with van der Waals surface area (Å²) in [5.41, 5.74) is 1.12. The molecular formula is C8H6ClN3O2. The van der Waals surface area contributed by atoms with Crippen LogP contribution in [0.3, 0.4) is 0 Å². The molecule has 2 aromatic heterocycles. The van der Waals surface area contributed by atoms with Crippen molar-refractivity contribution < 1.29 is 9.53 Å². The number of aromatic amines is 1. The van der Waals surface area contributed by atoms with Crippen LogP contribution >= 0.6 is 11.6 Å². The van der Waals surface area contributed by atoms with Gasteiger partial charge in [0, 0.05) is 6.20 Å². The van der Waals surface area contributed by atoms with Crippen LogP contribution in [0.1, 0.15) is 10.6 Å². The number of rotatable bonds is 1. The third kappa shape index (κ3) is 1.31. The Bertz CT molecular complexity index is 494. The molecule has 2 rings (SSSR count). The predicted octanol–water partition coefficient (Wildman–Crippen LogP) is 1.40. The Morgan fingerprint density at radius 3 is 3.07 bits per heavy atom. The van der Waals surface area contributed by atoms with E-state index in [1.165, 1.54) is 13.3 Å². The monoisotopic (exact) mass is 211 g/mol. The molecule has 72 valence electrons. The molecule has 0 atom stereocenters. The number of nitrogens with zero attached hydrogens (tertiary/aromatic N) is 2. The highest BCUT2D eigenvalue weighted by atomic mass is 35.5. The Hall–Kier alpha value is -1.62. The van der Waals surface area contributed by atoms with Crippen LogP contribution in [0, 0.1) is 0 Å². The van der Waals surface area contributed by atoms with Crippen molar-refractivity contribution in [3.63, 3.8) is 0 Å². The summed E-state index contributed by atoms with van der Waals surface area (Å²) in [6.45, 7) is 0. The van der Waals surface area contributed by atoms with Crippen molar-refractivity contribution in [1.82, 2.24) is 15.0 Å². The van der Waals surface area contributed by atoms with Gasteiger partial charge in [0.1, 0.15) is 5.52 Å². The van der Waals surface area contributed by atoms with Gasteiger partial charge in [-0.05, 0) is 6.07 Å². The van der Waals surface area contributed by atoms with E-state index in [1.807, 2.05) is 0 Å². The van der Waals surface area contributed by atoms with Gasteiger partial charge in [-0.2, -0.15) is 0 Å². The molecule has 0 bridgehead atoms.